The van der Waals surface area contributed by atoms with Gasteiger partial charge in [-0.1, -0.05) is 19.0 Å². The van der Waals surface area contributed by atoms with Crippen LogP contribution in [0.3, 0.4) is 0 Å². The Morgan fingerprint density at radius 1 is 1.40 bits per heavy atom. The molecule has 6 heteroatoms. The lowest BCUT2D eigenvalue weighted by molar-refractivity contribution is 0.281. The van der Waals surface area contributed by atoms with E-state index in [1.165, 1.54) is 12.1 Å². The molecule has 0 saturated heterocycles. The molecule has 2 N–H and O–H groups in total. The summed E-state index contributed by atoms with van der Waals surface area (Å²) in [6.45, 7) is 4.55. The molecule has 108 valence electrons. The number of hydrogen-bond acceptors (Lipinski definition) is 5. The first kappa shape index (κ1) is 14.5. The van der Waals surface area contributed by atoms with Crippen molar-refractivity contribution in [2.75, 3.05) is 6.54 Å². The Kier molecular flexibility index (Phi) is 4.68. The maximum atomic E-state index is 13.2. The summed E-state index contributed by atoms with van der Waals surface area (Å²) in [4.78, 5) is 4.22. The summed E-state index contributed by atoms with van der Waals surface area (Å²) < 4.78 is 23.9. The first-order valence-electron chi connectivity index (χ1n) is 6.54. The molecule has 1 aromatic carbocycles. The highest BCUT2D eigenvalue weighted by atomic mass is 19.1. The summed E-state index contributed by atoms with van der Waals surface area (Å²) >= 11 is 0. The molecule has 0 radical (unpaired) electrons. The molecule has 0 spiro atoms. The van der Waals surface area contributed by atoms with E-state index in [4.69, 9.17) is 15.0 Å². The smallest absolute Gasteiger partial charge is 0.229 e. The van der Waals surface area contributed by atoms with E-state index in [1.807, 2.05) is 13.8 Å². The van der Waals surface area contributed by atoms with Gasteiger partial charge < -0.3 is 15.0 Å². The second-order valence-corrected chi connectivity index (χ2v) is 4.78. The second kappa shape index (κ2) is 6.47. The van der Waals surface area contributed by atoms with Crippen molar-refractivity contribution in [3.8, 4) is 5.75 Å². The van der Waals surface area contributed by atoms with Crippen LogP contribution in [0.15, 0.2) is 22.7 Å². The lowest BCUT2D eigenvalue weighted by Crippen LogP contribution is -2.06. The van der Waals surface area contributed by atoms with Crippen LogP contribution in [0.2, 0.25) is 0 Å². The number of aromatic nitrogens is 2. The van der Waals surface area contributed by atoms with Gasteiger partial charge in [0.1, 0.15) is 11.6 Å². The number of nitrogens with zero attached hydrogens (tertiary/aromatic N) is 2. The van der Waals surface area contributed by atoms with Crippen molar-refractivity contribution in [2.24, 2.45) is 5.73 Å². The monoisotopic (exact) mass is 279 g/mol. The van der Waals surface area contributed by atoms with Gasteiger partial charge in [0.15, 0.2) is 6.61 Å². The zero-order valence-electron chi connectivity index (χ0n) is 11.6. The SMILES string of the molecule is CC(C)c1nc(COc2ccc(F)cc2CCN)no1. The fourth-order valence-electron chi connectivity index (χ4n) is 1.74. The minimum Gasteiger partial charge on any atom is -0.485 e. The minimum atomic E-state index is -0.303. The topological polar surface area (TPSA) is 74.2 Å². The number of rotatable bonds is 6. The van der Waals surface area contributed by atoms with Crippen LogP contribution in [-0.4, -0.2) is 16.7 Å². The van der Waals surface area contributed by atoms with Crippen molar-refractivity contribution in [1.29, 1.82) is 0 Å². The predicted octanol–water partition coefficient (Wildman–Crippen LogP) is 2.41. The van der Waals surface area contributed by atoms with Crippen molar-refractivity contribution >= 4 is 0 Å². The fourth-order valence-corrected chi connectivity index (χ4v) is 1.74. The molecule has 0 amide bonds. The van der Waals surface area contributed by atoms with Crippen LogP contribution >= 0.6 is 0 Å². The van der Waals surface area contributed by atoms with Crippen molar-refractivity contribution in [3.63, 3.8) is 0 Å². The number of hydrogen-bond donors (Lipinski definition) is 1. The molecule has 0 aliphatic carbocycles. The Labute approximate surface area is 116 Å². The quantitative estimate of drug-likeness (QED) is 0.879. The summed E-state index contributed by atoms with van der Waals surface area (Å²) in [6.07, 6.45) is 0.552. The third-order valence-corrected chi connectivity index (χ3v) is 2.77. The van der Waals surface area contributed by atoms with Gasteiger partial charge in [-0.3, -0.25) is 0 Å². The first-order chi connectivity index (χ1) is 9.60. The van der Waals surface area contributed by atoms with E-state index in [9.17, 15) is 4.39 Å². The van der Waals surface area contributed by atoms with Crippen LogP contribution in [0.25, 0.3) is 0 Å². The molecule has 0 unspecified atom stereocenters. The van der Waals surface area contributed by atoms with E-state index >= 15 is 0 Å². The summed E-state index contributed by atoms with van der Waals surface area (Å²) in [5, 5.41) is 3.84. The normalized spacial score (nSPS) is 11.1. The van der Waals surface area contributed by atoms with Gasteiger partial charge in [-0.2, -0.15) is 4.98 Å². The Morgan fingerprint density at radius 3 is 2.85 bits per heavy atom. The van der Waals surface area contributed by atoms with Crippen LogP contribution in [0.1, 0.15) is 37.0 Å². The molecule has 2 rings (SSSR count). The molecule has 2 aromatic rings. The molecule has 0 fully saturated rings. The lowest BCUT2D eigenvalue weighted by Gasteiger charge is -2.09. The van der Waals surface area contributed by atoms with Gasteiger partial charge in [-0.15, -0.1) is 0 Å². The van der Waals surface area contributed by atoms with E-state index in [0.29, 0.717) is 30.4 Å². The van der Waals surface area contributed by atoms with Gasteiger partial charge in [0.2, 0.25) is 11.7 Å². The number of ether oxygens (including phenoxy) is 1. The third kappa shape index (κ3) is 3.54. The molecule has 0 aliphatic rings. The summed E-state index contributed by atoms with van der Waals surface area (Å²) in [6, 6.07) is 4.37. The van der Waals surface area contributed by atoms with E-state index < -0.39 is 0 Å². The lowest BCUT2D eigenvalue weighted by atomic mass is 10.1. The average molecular weight is 279 g/mol. The first-order valence-corrected chi connectivity index (χ1v) is 6.54. The Morgan fingerprint density at radius 2 is 2.20 bits per heavy atom. The molecule has 0 aliphatic heterocycles. The largest absolute Gasteiger partial charge is 0.485 e. The van der Waals surface area contributed by atoms with Gasteiger partial charge in [0.25, 0.3) is 0 Å². The van der Waals surface area contributed by atoms with E-state index in [1.54, 1.807) is 6.07 Å². The molecule has 0 bridgehead atoms. The molecular weight excluding hydrogens is 261 g/mol. The highest BCUT2D eigenvalue weighted by Gasteiger charge is 2.11. The molecule has 1 aromatic heterocycles. The van der Waals surface area contributed by atoms with Crippen LogP contribution < -0.4 is 10.5 Å². The molecule has 1 heterocycles. The molecular formula is C14H18FN3O2. The minimum absolute atomic E-state index is 0.176. The van der Waals surface area contributed by atoms with Gasteiger partial charge in [-0.25, -0.2) is 4.39 Å². The number of halogens is 1. The van der Waals surface area contributed by atoms with Crippen LogP contribution in [-0.2, 0) is 13.0 Å². The maximum absolute atomic E-state index is 13.2. The highest BCUT2D eigenvalue weighted by Crippen LogP contribution is 2.21. The average Bonchev–Trinajstić information content (AvgIpc) is 2.87. The summed E-state index contributed by atoms with van der Waals surface area (Å²) in [5.74, 6) is 1.51. The van der Waals surface area contributed by atoms with Gasteiger partial charge in [-0.05, 0) is 36.7 Å². The molecule has 0 atom stereocenters. The predicted molar refractivity (Wildman–Crippen MR) is 71.9 cm³/mol. The zero-order chi connectivity index (χ0) is 14.5. The highest BCUT2D eigenvalue weighted by molar-refractivity contribution is 5.34. The molecule has 20 heavy (non-hydrogen) atoms. The van der Waals surface area contributed by atoms with Gasteiger partial charge in [0, 0.05) is 5.92 Å². The summed E-state index contributed by atoms with van der Waals surface area (Å²) in [5.41, 5.74) is 6.24. The van der Waals surface area contributed by atoms with Gasteiger partial charge >= 0.3 is 0 Å². The van der Waals surface area contributed by atoms with E-state index in [2.05, 4.69) is 10.1 Å². The number of nitrogens with two attached hydrogens (primary N) is 1. The second-order valence-electron chi connectivity index (χ2n) is 4.78. The molecule has 5 nitrogen and oxygen atoms in total. The van der Waals surface area contributed by atoms with E-state index in [-0.39, 0.29) is 18.3 Å². The Hall–Kier alpha value is -1.95. The number of benzene rings is 1. The maximum Gasteiger partial charge on any atom is 0.229 e. The van der Waals surface area contributed by atoms with E-state index in [0.717, 1.165) is 5.56 Å². The Balaban J connectivity index is 2.06. The fraction of sp³-hybridized carbons (Fsp3) is 0.429. The van der Waals surface area contributed by atoms with Crippen molar-refractivity contribution in [3.05, 3.63) is 41.3 Å². The molecule has 0 saturated carbocycles. The van der Waals surface area contributed by atoms with Crippen molar-refractivity contribution < 1.29 is 13.7 Å². The Bertz CT molecular complexity index is 569. The van der Waals surface area contributed by atoms with Crippen LogP contribution in [0, 0.1) is 5.82 Å². The van der Waals surface area contributed by atoms with Crippen molar-refractivity contribution in [1.82, 2.24) is 10.1 Å². The van der Waals surface area contributed by atoms with Crippen molar-refractivity contribution in [2.45, 2.75) is 32.8 Å². The standard InChI is InChI=1S/C14H18FN3O2/c1-9(2)14-17-13(18-20-14)8-19-12-4-3-11(15)7-10(12)5-6-16/h3-4,7,9H,5-6,8,16H2,1-2H3. The third-order valence-electron chi connectivity index (χ3n) is 2.77. The van der Waals surface area contributed by atoms with Crippen LogP contribution in [0.5, 0.6) is 5.75 Å². The summed E-state index contributed by atoms with van der Waals surface area (Å²) in [7, 11) is 0. The van der Waals surface area contributed by atoms with Gasteiger partial charge in [0.05, 0.1) is 0 Å². The van der Waals surface area contributed by atoms with Crippen LogP contribution in [0.4, 0.5) is 4.39 Å². The zero-order valence-corrected chi connectivity index (χ0v) is 11.6.